The number of hydrogen-bond donors (Lipinski definition) is 0. The third-order valence-electron chi connectivity index (χ3n) is 3.12. The molecular weight excluding hydrogens is 268 g/mol. The Hall–Kier alpha value is -2.01. The number of amides is 1. The normalized spacial score (nSPS) is 13.5. The minimum atomic E-state index is -0.239. The van der Waals surface area contributed by atoms with E-state index < -0.39 is 0 Å². The Bertz CT molecular complexity index is 639. The van der Waals surface area contributed by atoms with E-state index in [1.54, 1.807) is 4.90 Å². The zero-order chi connectivity index (χ0) is 13.4. The average Bonchev–Trinajstić information content (AvgIpc) is 3.05. The zero-order valence-corrected chi connectivity index (χ0v) is 11.0. The zero-order valence-electron chi connectivity index (χ0n) is 10.2. The molecule has 0 unspecified atom stereocenters. The first-order chi connectivity index (χ1) is 9.20. The van der Waals surface area contributed by atoms with Crippen LogP contribution in [0.25, 0.3) is 0 Å². The monoisotopic (exact) mass is 278 g/mol. The highest BCUT2D eigenvalue weighted by Gasteiger charge is 2.29. The van der Waals surface area contributed by atoms with E-state index >= 15 is 0 Å². The molecule has 0 spiro atoms. The molecule has 1 aliphatic rings. The molecule has 1 amide bonds. The Morgan fingerprint density at radius 3 is 3.11 bits per heavy atom. The number of benzene rings is 1. The fourth-order valence-corrected chi connectivity index (χ4v) is 2.46. The van der Waals surface area contributed by atoms with Crippen LogP contribution in [0, 0.1) is 0 Å². The van der Waals surface area contributed by atoms with Crippen molar-refractivity contribution in [2.75, 3.05) is 18.6 Å². The second kappa shape index (κ2) is 4.59. The lowest BCUT2D eigenvalue weighted by molar-refractivity contribution is 0.0953. The Kier molecular flexibility index (Phi) is 2.91. The number of rotatable bonds is 2. The number of carbonyl (C=O) groups is 1. The van der Waals surface area contributed by atoms with Crippen LogP contribution in [-0.4, -0.2) is 24.7 Å². The Balaban J connectivity index is 1.93. The Morgan fingerprint density at radius 2 is 2.37 bits per heavy atom. The summed E-state index contributed by atoms with van der Waals surface area (Å²) in [4.78, 5) is 14.0. The van der Waals surface area contributed by atoms with Crippen LogP contribution in [0.5, 0.6) is 5.88 Å². The van der Waals surface area contributed by atoms with Gasteiger partial charge in [0.15, 0.2) is 0 Å². The molecule has 1 aromatic heterocycles. The van der Waals surface area contributed by atoms with Gasteiger partial charge >= 0.3 is 0 Å². The van der Waals surface area contributed by atoms with Crippen molar-refractivity contribution in [1.29, 1.82) is 0 Å². The van der Waals surface area contributed by atoms with Crippen LogP contribution >= 0.6 is 11.6 Å². The van der Waals surface area contributed by atoms with Crippen molar-refractivity contribution < 1.29 is 14.1 Å². The van der Waals surface area contributed by atoms with Crippen molar-refractivity contribution in [1.82, 2.24) is 5.16 Å². The first kappa shape index (κ1) is 12.0. The van der Waals surface area contributed by atoms with Gasteiger partial charge in [0.25, 0.3) is 11.8 Å². The van der Waals surface area contributed by atoms with Crippen LogP contribution in [0.4, 0.5) is 5.69 Å². The van der Waals surface area contributed by atoms with Gasteiger partial charge in [-0.05, 0) is 29.3 Å². The minimum absolute atomic E-state index is 0.157. The van der Waals surface area contributed by atoms with E-state index in [4.69, 9.17) is 20.9 Å². The molecule has 0 aliphatic carbocycles. The number of aromatic nitrogens is 1. The van der Waals surface area contributed by atoms with Crippen molar-refractivity contribution in [2.45, 2.75) is 6.42 Å². The molecule has 0 atom stereocenters. The van der Waals surface area contributed by atoms with Gasteiger partial charge in [-0.25, -0.2) is 0 Å². The summed E-state index contributed by atoms with van der Waals surface area (Å²) < 4.78 is 9.88. The standard InChI is InChI=1S/C13H11ClN2O3/c1-18-12-7-11(19-15-12)13(17)16-6-5-8-9(14)3-2-4-10(8)16/h2-4,7H,5-6H2,1H3. The van der Waals surface area contributed by atoms with Crippen LogP contribution < -0.4 is 9.64 Å². The highest BCUT2D eigenvalue weighted by atomic mass is 35.5. The number of anilines is 1. The van der Waals surface area contributed by atoms with Gasteiger partial charge in [-0.1, -0.05) is 17.7 Å². The second-order valence-corrected chi connectivity index (χ2v) is 4.59. The van der Waals surface area contributed by atoms with Crippen LogP contribution in [0.15, 0.2) is 28.8 Å². The van der Waals surface area contributed by atoms with Gasteiger partial charge in [0.05, 0.1) is 13.2 Å². The summed E-state index contributed by atoms with van der Waals surface area (Å²) in [6.07, 6.45) is 0.742. The third-order valence-corrected chi connectivity index (χ3v) is 3.48. The van der Waals surface area contributed by atoms with E-state index in [-0.39, 0.29) is 17.5 Å². The molecular formula is C13H11ClN2O3. The van der Waals surface area contributed by atoms with Gasteiger partial charge in [0, 0.05) is 17.3 Å². The highest BCUT2D eigenvalue weighted by Crippen LogP contribution is 2.34. The van der Waals surface area contributed by atoms with E-state index in [0.717, 1.165) is 17.7 Å². The summed E-state index contributed by atoms with van der Waals surface area (Å²) in [5, 5.41) is 4.31. The summed E-state index contributed by atoms with van der Waals surface area (Å²) in [5.74, 6) is 0.204. The summed E-state index contributed by atoms with van der Waals surface area (Å²) in [6.45, 7) is 0.584. The third kappa shape index (κ3) is 1.96. The molecule has 19 heavy (non-hydrogen) atoms. The number of ether oxygens (including phenoxy) is 1. The average molecular weight is 279 g/mol. The first-order valence-electron chi connectivity index (χ1n) is 5.80. The fraction of sp³-hybridized carbons (Fsp3) is 0.231. The number of methoxy groups -OCH3 is 1. The van der Waals surface area contributed by atoms with Crippen LogP contribution in [0.2, 0.25) is 5.02 Å². The molecule has 2 heterocycles. The fourth-order valence-electron chi connectivity index (χ4n) is 2.19. The van der Waals surface area contributed by atoms with Crippen LogP contribution in [0.1, 0.15) is 16.1 Å². The van der Waals surface area contributed by atoms with E-state index in [0.29, 0.717) is 11.6 Å². The maximum atomic E-state index is 12.3. The number of carbonyl (C=O) groups excluding carboxylic acids is 1. The van der Waals surface area contributed by atoms with Crippen molar-refractivity contribution >= 4 is 23.2 Å². The molecule has 1 aliphatic heterocycles. The molecule has 5 nitrogen and oxygen atoms in total. The molecule has 2 aromatic rings. The maximum Gasteiger partial charge on any atom is 0.297 e. The van der Waals surface area contributed by atoms with Crippen molar-refractivity contribution in [2.24, 2.45) is 0 Å². The van der Waals surface area contributed by atoms with Gasteiger partial charge in [-0.3, -0.25) is 4.79 Å². The smallest absolute Gasteiger partial charge is 0.297 e. The molecule has 0 saturated carbocycles. The second-order valence-electron chi connectivity index (χ2n) is 4.18. The maximum absolute atomic E-state index is 12.3. The van der Waals surface area contributed by atoms with Gasteiger partial charge in [-0.2, -0.15) is 0 Å². The van der Waals surface area contributed by atoms with Gasteiger partial charge in [0.1, 0.15) is 0 Å². The summed E-state index contributed by atoms with van der Waals surface area (Å²) >= 11 is 6.12. The molecule has 0 bridgehead atoms. The van der Waals surface area contributed by atoms with Gasteiger partial charge in [-0.15, -0.1) is 0 Å². The van der Waals surface area contributed by atoms with E-state index in [1.165, 1.54) is 13.2 Å². The Labute approximate surface area is 114 Å². The molecule has 0 fully saturated rings. The number of hydrogen-bond acceptors (Lipinski definition) is 4. The van der Waals surface area contributed by atoms with E-state index in [9.17, 15) is 4.79 Å². The molecule has 6 heteroatoms. The molecule has 0 N–H and O–H groups in total. The Morgan fingerprint density at radius 1 is 1.53 bits per heavy atom. The highest BCUT2D eigenvalue weighted by molar-refractivity contribution is 6.32. The van der Waals surface area contributed by atoms with Crippen molar-refractivity contribution in [3.05, 3.63) is 40.6 Å². The van der Waals surface area contributed by atoms with Crippen molar-refractivity contribution in [3.8, 4) is 5.88 Å². The van der Waals surface area contributed by atoms with Crippen LogP contribution in [-0.2, 0) is 6.42 Å². The number of nitrogens with zero attached hydrogens (tertiary/aromatic N) is 2. The topological polar surface area (TPSA) is 55.6 Å². The molecule has 0 saturated heterocycles. The van der Waals surface area contributed by atoms with E-state index in [2.05, 4.69) is 5.16 Å². The lowest BCUT2D eigenvalue weighted by Crippen LogP contribution is -2.28. The minimum Gasteiger partial charge on any atom is -0.479 e. The number of fused-ring (bicyclic) bond motifs is 1. The molecule has 1 aromatic carbocycles. The van der Waals surface area contributed by atoms with Crippen LogP contribution in [0.3, 0.4) is 0 Å². The molecule has 98 valence electrons. The molecule has 0 radical (unpaired) electrons. The quantitative estimate of drug-likeness (QED) is 0.847. The predicted molar refractivity (Wildman–Crippen MR) is 69.9 cm³/mol. The summed E-state index contributed by atoms with van der Waals surface area (Å²) in [5.41, 5.74) is 1.82. The summed E-state index contributed by atoms with van der Waals surface area (Å²) in [7, 11) is 1.47. The van der Waals surface area contributed by atoms with E-state index in [1.807, 2.05) is 18.2 Å². The van der Waals surface area contributed by atoms with Crippen molar-refractivity contribution in [3.63, 3.8) is 0 Å². The number of halogens is 1. The first-order valence-corrected chi connectivity index (χ1v) is 6.18. The lowest BCUT2D eigenvalue weighted by atomic mass is 10.2. The lowest BCUT2D eigenvalue weighted by Gasteiger charge is -2.15. The summed E-state index contributed by atoms with van der Waals surface area (Å²) in [6, 6.07) is 7.00. The van der Waals surface area contributed by atoms with Gasteiger partial charge < -0.3 is 14.2 Å². The van der Waals surface area contributed by atoms with Gasteiger partial charge in [0.2, 0.25) is 5.76 Å². The predicted octanol–water partition coefficient (Wildman–Crippen LogP) is 2.54. The molecule has 3 rings (SSSR count). The largest absolute Gasteiger partial charge is 0.479 e. The SMILES string of the molecule is COc1cc(C(=O)N2CCc3c(Cl)cccc32)on1.